The molecule has 26 heavy (non-hydrogen) atoms. The van der Waals surface area contributed by atoms with Gasteiger partial charge < -0.3 is 8.83 Å². The van der Waals surface area contributed by atoms with Crippen molar-refractivity contribution in [3.8, 4) is 0 Å². The third kappa shape index (κ3) is 2.85. The average molecular weight is 452 g/mol. The Balaban J connectivity index is 1.86. The molecule has 0 saturated carbocycles. The minimum atomic E-state index is -3.68. The van der Waals surface area contributed by atoms with Crippen LogP contribution < -0.4 is 5.63 Å². The predicted octanol–water partition coefficient (Wildman–Crippen LogP) is 4.49. The van der Waals surface area contributed by atoms with E-state index in [1.54, 1.807) is 37.3 Å². The van der Waals surface area contributed by atoms with Gasteiger partial charge in [-0.05, 0) is 52.7 Å². The molecule has 0 fully saturated rings. The molecule has 2 aromatic heterocycles. The fraction of sp³-hybridized carbons (Fsp3) is 0.0588. The fourth-order valence-electron chi connectivity index (χ4n) is 2.52. The van der Waals surface area contributed by atoms with Crippen LogP contribution in [0.1, 0.15) is 5.56 Å². The number of benzene rings is 2. The highest BCUT2D eigenvalue weighted by Crippen LogP contribution is 2.35. The molecule has 132 valence electrons. The smallest absolute Gasteiger partial charge is 0.351 e. The number of aromatic nitrogens is 1. The van der Waals surface area contributed by atoms with Crippen molar-refractivity contribution in [1.29, 1.82) is 0 Å². The Hall–Kier alpha value is -2.10. The topological polar surface area (TPSA) is 90.4 Å². The number of oxazole rings is 1. The van der Waals surface area contributed by atoms with Gasteiger partial charge in [-0.25, -0.2) is 13.2 Å². The molecule has 0 radical (unpaired) electrons. The molecule has 0 saturated heterocycles. The number of rotatable bonds is 3. The Kier molecular flexibility index (Phi) is 4.17. The Morgan fingerprint density at radius 2 is 1.81 bits per heavy atom. The lowest BCUT2D eigenvalue weighted by molar-refractivity contribution is 0.490. The molecule has 0 bridgehead atoms. The van der Waals surface area contributed by atoms with Crippen LogP contribution in [0.4, 0.5) is 0 Å². The molecule has 0 unspecified atom stereocenters. The van der Waals surface area contributed by atoms with E-state index in [4.69, 9.17) is 8.83 Å². The minimum absolute atomic E-state index is 0.0421. The Bertz CT molecular complexity index is 1310. The molecule has 0 aliphatic carbocycles. The van der Waals surface area contributed by atoms with Crippen LogP contribution in [0.15, 0.2) is 70.7 Å². The Morgan fingerprint density at radius 1 is 1.08 bits per heavy atom. The van der Waals surface area contributed by atoms with E-state index in [0.29, 0.717) is 37.3 Å². The molecule has 0 amide bonds. The second-order valence-electron chi connectivity index (χ2n) is 5.45. The van der Waals surface area contributed by atoms with Crippen molar-refractivity contribution in [3.63, 3.8) is 0 Å². The van der Waals surface area contributed by atoms with Crippen molar-refractivity contribution in [1.82, 2.24) is 4.98 Å². The van der Waals surface area contributed by atoms with Crippen molar-refractivity contribution in [3.05, 3.63) is 62.9 Å². The minimum Gasteiger partial charge on any atom is -0.430 e. The second kappa shape index (κ2) is 6.26. The van der Waals surface area contributed by atoms with Gasteiger partial charge in [0.1, 0.15) is 4.47 Å². The lowest BCUT2D eigenvalue weighted by atomic mass is 10.1. The van der Waals surface area contributed by atoms with Gasteiger partial charge in [-0.15, -0.1) is 0 Å². The summed E-state index contributed by atoms with van der Waals surface area (Å²) in [5.41, 5.74) is 1.10. The third-order valence-electron chi connectivity index (χ3n) is 3.81. The largest absolute Gasteiger partial charge is 0.430 e. The molecular formula is C17H10BrNO5S2. The predicted molar refractivity (Wildman–Crippen MR) is 102 cm³/mol. The van der Waals surface area contributed by atoms with Crippen LogP contribution in [-0.4, -0.2) is 13.4 Å². The maximum atomic E-state index is 12.5. The highest BCUT2D eigenvalue weighted by molar-refractivity contribution is 9.10. The lowest BCUT2D eigenvalue weighted by Gasteiger charge is -2.02. The van der Waals surface area contributed by atoms with Crippen molar-refractivity contribution < 1.29 is 17.3 Å². The highest BCUT2D eigenvalue weighted by atomic mass is 79.9. The number of aryl methyl sites for hydroxylation is 1. The van der Waals surface area contributed by atoms with E-state index >= 15 is 0 Å². The summed E-state index contributed by atoms with van der Waals surface area (Å²) < 4.78 is 36.2. The first-order valence-electron chi connectivity index (χ1n) is 7.39. The zero-order valence-corrected chi connectivity index (χ0v) is 16.4. The van der Waals surface area contributed by atoms with Gasteiger partial charge >= 0.3 is 5.63 Å². The van der Waals surface area contributed by atoms with E-state index in [2.05, 4.69) is 20.9 Å². The van der Waals surface area contributed by atoms with Crippen LogP contribution in [-0.2, 0) is 8.87 Å². The first-order valence-corrected chi connectivity index (χ1v) is 11.0. The third-order valence-corrected chi connectivity index (χ3v) is 7.78. The molecule has 0 spiro atoms. The van der Waals surface area contributed by atoms with Gasteiger partial charge in [-0.3, -0.25) is 0 Å². The zero-order chi connectivity index (χ0) is 18.5. The summed E-state index contributed by atoms with van der Waals surface area (Å²) in [4.78, 5) is 16.3. The van der Waals surface area contributed by atoms with Crippen LogP contribution >= 0.6 is 26.7 Å². The quantitative estimate of drug-likeness (QED) is 0.334. The fourth-order valence-corrected chi connectivity index (χ4v) is 5.24. The van der Waals surface area contributed by atoms with Gasteiger partial charge in [0.2, 0.25) is 8.87 Å². The lowest BCUT2D eigenvalue weighted by Crippen LogP contribution is -2.02. The maximum absolute atomic E-state index is 12.5. The summed E-state index contributed by atoms with van der Waals surface area (Å²) in [6.45, 7) is 1.78. The van der Waals surface area contributed by atoms with Crippen molar-refractivity contribution in [2.45, 2.75) is 17.0 Å². The van der Waals surface area contributed by atoms with Gasteiger partial charge in [0.25, 0.3) is 5.22 Å². The van der Waals surface area contributed by atoms with E-state index < -0.39 is 14.5 Å². The number of nitrogens with zero attached hydrogens (tertiary/aromatic N) is 1. The molecule has 0 aliphatic heterocycles. The van der Waals surface area contributed by atoms with Gasteiger partial charge in [0.05, 0.1) is 15.7 Å². The SMILES string of the molecule is Cc1c(Br)c(=O)oc2c1ccc1oc(SS(=O)(=O)c3ccccc3)nc12. The maximum Gasteiger partial charge on any atom is 0.351 e. The number of hydrogen-bond donors (Lipinski definition) is 0. The molecule has 0 atom stereocenters. The van der Waals surface area contributed by atoms with Gasteiger partial charge in [-0.2, -0.15) is 4.98 Å². The monoisotopic (exact) mass is 451 g/mol. The summed E-state index contributed by atoms with van der Waals surface area (Å²) in [5, 5.41) is 0.652. The van der Waals surface area contributed by atoms with Gasteiger partial charge in [0, 0.05) is 5.39 Å². The molecule has 2 aromatic carbocycles. The molecular weight excluding hydrogens is 442 g/mol. The van der Waals surface area contributed by atoms with E-state index in [0.717, 1.165) is 0 Å². The summed E-state index contributed by atoms with van der Waals surface area (Å²) in [5.74, 6) is 0. The van der Waals surface area contributed by atoms with Crippen molar-refractivity contribution in [2.24, 2.45) is 0 Å². The van der Waals surface area contributed by atoms with E-state index in [1.807, 2.05) is 0 Å². The van der Waals surface area contributed by atoms with E-state index in [9.17, 15) is 13.2 Å². The van der Waals surface area contributed by atoms with Crippen LogP contribution in [0.25, 0.3) is 22.1 Å². The number of fused-ring (bicyclic) bond motifs is 3. The molecule has 0 N–H and O–H groups in total. The second-order valence-corrected chi connectivity index (χ2v) is 9.95. The van der Waals surface area contributed by atoms with Crippen LogP contribution in [0, 0.1) is 6.92 Å². The summed E-state index contributed by atoms with van der Waals surface area (Å²) in [7, 11) is -3.17. The van der Waals surface area contributed by atoms with Gasteiger partial charge in [0.15, 0.2) is 16.7 Å². The Morgan fingerprint density at radius 3 is 2.54 bits per heavy atom. The van der Waals surface area contributed by atoms with Crippen LogP contribution in [0.5, 0.6) is 0 Å². The molecule has 4 rings (SSSR count). The van der Waals surface area contributed by atoms with Crippen LogP contribution in [0.2, 0.25) is 0 Å². The molecule has 2 heterocycles. The number of halogens is 1. The van der Waals surface area contributed by atoms with Gasteiger partial charge in [-0.1, -0.05) is 18.2 Å². The summed E-state index contributed by atoms with van der Waals surface area (Å²) in [6, 6.07) is 11.4. The average Bonchev–Trinajstić information content (AvgIpc) is 3.02. The summed E-state index contributed by atoms with van der Waals surface area (Å²) >= 11 is 3.20. The summed E-state index contributed by atoms with van der Waals surface area (Å²) in [6.07, 6.45) is 0. The zero-order valence-electron chi connectivity index (χ0n) is 13.2. The first-order chi connectivity index (χ1) is 12.4. The normalized spacial score (nSPS) is 12.1. The standard InChI is InChI=1S/C17H10BrNO5S2/c1-9-11-7-8-12-14(15(11)24-16(20)13(9)18)19-17(23-12)25-26(21,22)10-5-3-2-4-6-10/h2-8H,1H3. The van der Waals surface area contributed by atoms with E-state index in [-0.39, 0.29) is 15.7 Å². The number of hydrogen-bond acceptors (Lipinski definition) is 7. The van der Waals surface area contributed by atoms with Crippen LogP contribution in [0.3, 0.4) is 0 Å². The first kappa shape index (κ1) is 17.3. The van der Waals surface area contributed by atoms with Crippen molar-refractivity contribution >= 4 is 57.7 Å². The Labute approximate surface area is 159 Å². The molecule has 0 aliphatic rings. The van der Waals surface area contributed by atoms with E-state index in [1.165, 1.54) is 12.1 Å². The highest BCUT2D eigenvalue weighted by Gasteiger charge is 2.22. The van der Waals surface area contributed by atoms with Crippen molar-refractivity contribution in [2.75, 3.05) is 0 Å². The molecule has 4 aromatic rings. The molecule has 6 nitrogen and oxygen atoms in total. The molecule has 9 heteroatoms.